The highest BCUT2D eigenvalue weighted by Gasteiger charge is 2.16. The van der Waals surface area contributed by atoms with Crippen molar-refractivity contribution in [2.45, 2.75) is 13.5 Å². The minimum Gasteiger partial charge on any atom is -0.465 e. The van der Waals surface area contributed by atoms with Crippen LogP contribution in [0.3, 0.4) is 0 Å². The van der Waals surface area contributed by atoms with Crippen LogP contribution in [-0.2, 0) is 20.9 Å². The highest BCUT2D eigenvalue weighted by molar-refractivity contribution is 7.16. The van der Waals surface area contributed by atoms with Gasteiger partial charge in [-0.25, -0.2) is 8.78 Å². The maximum absolute atomic E-state index is 14.3. The molecule has 0 aliphatic carbocycles. The number of esters is 1. The average molecular weight is 437 g/mol. The Morgan fingerprint density at radius 2 is 2.03 bits per heavy atom. The van der Waals surface area contributed by atoms with Crippen LogP contribution in [0.15, 0.2) is 47.5 Å². The molecule has 5 nitrogen and oxygen atoms in total. The number of fused-ring (bicyclic) bond motifs is 1. The second kappa shape index (κ2) is 9.11. The van der Waals surface area contributed by atoms with Gasteiger partial charge in [0.2, 0.25) is 0 Å². The van der Waals surface area contributed by atoms with E-state index in [-0.39, 0.29) is 28.2 Å². The highest BCUT2D eigenvalue weighted by Crippen LogP contribution is 2.22. The van der Waals surface area contributed by atoms with Crippen molar-refractivity contribution in [1.29, 1.82) is 0 Å². The summed E-state index contributed by atoms with van der Waals surface area (Å²) in [5.74, 6) is -2.90. The van der Waals surface area contributed by atoms with Gasteiger partial charge in [-0.3, -0.25) is 9.59 Å². The summed E-state index contributed by atoms with van der Waals surface area (Å²) in [6.45, 7) is 1.42. The molecule has 9 heteroatoms. The molecule has 3 aromatic rings. The number of ether oxygens (including phenoxy) is 1. The lowest BCUT2D eigenvalue weighted by molar-refractivity contribution is -0.143. The first-order chi connectivity index (χ1) is 13.9. The molecule has 1 heterocycles. The zero-order valence-electron chi connectivity index (χ0n) is 15.2. The quantitative estimate of drug-likeness (QED) is 0.441. The van der Waals surface area contributed by atoms with Gasteiger partial charge < -0.3 is 9.30 Å². The number of nitrogens with zero attached hydrogens (tertiary/aromatic N) is 2. The van der Waals surface area contributed by atoms with E-state index < -0.39 is 23.5 Å². The van der Waals surface area contributed by atoms with Crippen molar-refractivity contribution in [2.24, 2.45) is 4.99 Å². The van der Waals surface area contributed by atoms with Crippen LogP contribution in [0.2, 0.25) is 5.02 Å². The van der Waals surface area contributed by atoms with Crippen molar-refractivity contribution in [3.8, 4) is 0 Å². The van der Waals surface area contributed by atoms with Crippen LogP contribution in [0.1, 0.15) is 12.5 Å². The lowest BCUT2D eigenvalue weighted by Gasteiger charge is -2.05. The molecular weight excluding hydrogens is 422 g/mol. The number of amides is 1. The molecule has 1 aromatic heterocycles. The minimum atomic E-state index is -0.860. The molecule has 0 fully saturated rings. The van der Waals surface area contributed by atoms with Crippen molar-refractivity contribution in [2.75, 3.05) is 6.61 Å². The van der Waals surface area contributed by atoms with E-state index in [1.54, 1.807) is 31.2 Å². The number of carbonyl (C=O) groups is 2. The third kappa shape index (κ3) is 4.96. The van der Waals surface area contributed by atoms with Gasteiger partial charge in [-0.05, 0) is 30.7 Å². The number of aromatic nitrogens is 1. The Morgan fingerprint density at radius 1 is 1.28 bits per heavy atom. The third-order valence-electron chi connectivity index (χ3n) is 3.80. The Kier molecular flexibility index (Phi) is 6.56. The van der Waals surface area contributed by atoms with Crippen molar-refractivity contribution in [3.63, 3.8) is 0 Å². The number of hydrogen-bond acceptors (Lipinski definition) is 4. The summed E-state index contributed by atoms with van der Waals surface area (Å²) in [6.07, 6.45) is 2.70. The Labute approximate surface area is 173 Å². The number of benzene rings is 2. The van der Waals surface area contributed by atoms with Crippen molar-refractivity contribution in [3.05, 3.63) is 69.5 Å². The molecule has 2 aromatic carbocycles. The first-order valence-electron chi connectivity index (χ1n) is 8.54. The largest absolute Gasteiger partial charge is 0.465 e. The van der Waals surface area contributed by atoms with Crippen molar-refractivity contribution in [1.82, 2.24) is 4.57 Å². The molecule has 0 N–H and O–H groups in total. The summed E-state index contributed by atoms with van der Waals surface area (Å²) in [5.41, 5.74) is 0.604. The van der Waals surface area contributed by atoms with Gasteiger partial charge in [0.15, 0.2) is 10.6 Å². The zero-order chi connectivity index (χ0) is 21.0. The van der Waals surface area contributed by atoms with E-state index in [9.17, 15) is 18.4 Å². The number of rotatable bonds is 5. The first kappa shape index (κ1) is 20.9. The zero-order valence-corrected chi connectivity index (χ0v) is 16.8. The Hall–Kier alpha value is -2.84. The molecule has 0 aliphatic rings. The SMILES string of the molecule is CCOC(=O)Cn1c(=NC(=O)/C=C/c2ccccc2Cl)sc2cc(F)cc(F)c21. The molecule has 29 heavy (non-hydrogen) atoms. The van der Waals surface area contributed by atoms with Crippen LogP contribution in [0.5, 0.6) is 0 Å². The summed E-state index contributed by atoms with van der Waals surface area (Å²) < 4.78 is 34.2. The highest BCUT2D eigenvalue weighted by atomic mass is 35.5. The summed E-state index contributed by atoms with van der Waals surface area (Å²) >= 11 is 6.94. The Balaban J connectivity index is 2.05. The number of carbonyl (C=O) groups excluding carboxylic acids is 2. The van der Waals surface area contributed by atoms with Crippen molar-refractivity contribution < 1.29 is 23.1 Å². The molecular formula is C20H15ClF2N2O3S. The van der Waals surface area contributed by atoms with E-state index >= 15 is 0 Å². The summed E-state index contributed by atoms with van der Waals surface area (Å²) in [7, 11) is 0. The van der Waals surface area contributed by atoms with Gasteiger partial charge in [0, 0.05) is 17.2 Å². The number of thiazole rings is 1. The molecule has 0 saturated heterocycles. The van der Waals surface area contributed by atoms with E-state index in [0.29, 0.717) is 16.7 Å². The van der Waals surface area contributed by atoms with Gasteiger partial charge in [0.05, 0.1) is 16.8 Å². The minimum absolute atomic E-state index is 0.0221. The van der Waals surface area contributed by atoms with Crippen LogP contribution in [-0.4, -0.2) is 23.1 Å². The summed E-state index contributed by atoms with van der Waals surface area (Å²) in [4.78, 5) is 28.2. The molecule has 0 radical (unpaired) electrons. The lowest BCUT2D eigenvalue weighted by Crippen LogP contribution is -2.23. The fourth-order valence-corrected chi connectivity index (χ4v) is 3.87. The van der Waals surface area contributed by atoms with Gasteiger partial charge in [-0.15, -0.1) is 0 Å². The van der Waals surface area contributed by atoms with Crippen LogP contribution >= 0.6 is 22.9 Å². The maximum atomic E-state index is 14.3. The van der Waals surface area contributed by atoms with Gasteiger partial charge in [0.25, 0.3) is 5.91 Å². The van der Waals surface area contributed by atoms with E-state index in [0.717, 1.165) is 17.4 Å². The topological polar surface area (TPSA) is 60.7 Å². The van der Waals surface area contributed by atoms with E-state index in [1.807, 2.05) is 0 Å². The van der Waals surface area contributed by atoms with Gasteiger partial charge in [-0.2, -0.15) is 4.99 Å². The molecule has 0 spiro atoms. The fourth-order valence-electron chi connectivity index (χ4n) is 2.60. The fraction of sp³-hybridized carbons (Fsp3) is 0.150. The molecule has 1 amide bonds. The molecule has 0 bridgehead atoms. The van der Waals surface area contributed by atoms with Gasteiger partial charge in [0.1, 0.15) is 12.4 Å². The standard InChI is InChI=1S/C20H15ClF2N2O3S/c1-2-28-18(27)11-25-19-15(23)9-13(22)10-16(19)29-20(25)24-17(26)8-7-12-5-3-4-6-14(12)21/h3-10H,2,11H2,1H3/b8-7+,24-20?. The number of hydrogen-bond donors (Lipinski definition) is 0. The van der Waals surface area contributed by atoms with Crippen LogP contribution in [0.4, 0.5) is 8.78 Å². The Morgan fingerprint density at radius 3 is 2.76 bits per heavy atom. The van der Waals surface area contributed by atoms with Gasteiger partial charge in [-0.1, -0.05) is 41.1 Å². The van der Waals surface area contributed by atoms with Crippen LogP contribution in [0, 0.1) is 11.6 Å². The first-order valence-corrected chi connectivity index (χ1v) is 9.73. The maximum Gasteiger partial charge on any atom is 0.326 e. The summed E-state index contributed by atoms with van der Waals surface area (Å²) in [5, 5.41) is 0.466. The molecule has 3 rings (SSSR count). The van der Waals surface area contributed by atoms with Gasteiger partial charge >= 0.3 is 5.97 Å². The molecule has 0 atom stereocenters. The molecule has 0 saturated carbocycles. The predicted octanol–water partition coefficient (Wildman–Crippen LogP) is 4.34. The summed E-state index contributed by atoms with van der Waals surface area (Å²) in [6, 6.07) is 8.76. The smallest absolute Gasteiger partial charge is 0.326 e. The Bertz CT molecular complexity index is 1180. The number of halogens is 3. The average Bonchev–Trinajstić information content (AvgIpc) is 2.98. The van der Waals surface area contributed by atoms with E-state index in [2.05, 4.69) is 4.99 Å². The van der Waals surface area contributed by atoms with Crippen molar-refractivity contribution >= 4 is 51.1 Å². The third-order valence-corrected chi connectivity index (χ3v) is 5.17. The monoisotopic (exact) mass is 436 g/mol. The molecule has 0 aliphatic heterocycles. The molecule has 150 valence electrons. The lowest BCUT2D eigenvalue weighted by atomic mass is 10.2. The second-order valence-corrected chi connectivity index (χ2v) is 7.23. The van der Waals surface area contributed by atoms with Crippen LogP contribution < -0.4 is 4.80 Å². The predicted molar refractivity (Wildman–Crippen MR) is 107 cm³/mol. The second-order valence-electron chi connectivity index (χ2n) is 5.82. The van der Waals surface area contributed by atoms with Crippen LogP contribution in [0.25, 0.3) is 16.3 Å². The van der Waals surface area contributed by atoms with E-state index in [4.69, 9.17) is 16.3 Å². The van der Waals surface area contributed by atoms with E-state index in [1.165, 1.54) is 16.7 Å². The normalized spacial score (nSPS) is 12.1. The molecule has 0 unspecified atom stereocenters.